The average Bonchev–Trinajstić information content (AvgIpc) is 2.77. The van der Waals surface area contributed by atoms with Crippen molar-refractivity contribution in [2.24, 2.45) is 5.92 Å². The van der Waals surface area contributed by atoms with Crippen LogP contribution < -0.4 is 0 Å². The lowest BCUT2D eigenvalue weighted by atomic mass is 9.97. The minimum Gasteiger partial charge on any atom is -0.341 e. The molecule has 2 aliphatic heterocycles. The van der Waals surface area contributed by atoms with Gasteiger partial charge in [-0.2, -0.15) is 0 Å². The normalized spacial score (nSPS) is 30.9. The van der Waals surface area contributed by atoms with Gasteiger partial charge in [-0.1, -0.05) is 18.2 Å². The van der Waals surface area contributed by atoms with E-state index in [1.54, 1.807) is 6.92 Å². The standard InChI is InChI=1S/C16H28N2O2S/c1-12-5-4-6-13(2)18(12)8-7-17-10-15(9-16(17)20)11-21-14(3)19/h12-13,15H,4-11H2,1-3H3. The summed E-state index contributed by atoms with van der Waals surface area (Å²) in [7, 11) is 0. The van der Waals surface area contributed by atoms with Crippen molar-refractivity contribution >= 4 is 22.8 Å². The SMILES string of the molecule is CC(=O)SCC1CC(=O)N(CCN2C(C)CCCC2C)C1. The molecule has 0 aromatic heterocycles. The minimum atomic E-state index is 0.150. The van der Waals surface area contributed by atoms with Crippen molar-refractivity contribution in [3.63, 3.8) is 0 Å². The number of piperidine rings is 1. The molecule has 0 radical (unpaired) electrons. The number of hydrogen-bond acceptors (Lipinski definition) is 4. The van der Waals surface area contributed by atoms with Gasteiger partial charge in [0.2, 0.25) is 5.91 Å². The van der Waals surface area contributed by atoms with E-state index in [0.717, 1.165) is 25.4 Å². The van der Waals surface area contributed by atoms with E-state index in [1.807, 2.05) is 4.90 Å². The summed E-state index contributed by atoms with van der Waals surface area (Å²) in [4.78, 5) is 27.7. The van der Waals surface area contributed by atoms with Crippen LogP contribution in [0.2, 0.25) is 0 Å². The number of amides is 1. The van der Waals surface area contributed by atoms with Crippen molar-refractivity contribution in [3.05, 3.63) is 0 Å². The Morgan fingerprint density at radius 1 is 1.24 bits per heavy atom. The van der Waals surface area contributed by atoms with Crippen LogP contribution in [0.4, 0.5) is 0 Å². The maximum Gasteiger partial charge on any atom is 0.222 e. The number of nitrogens with zero attached hydrogens (tertiary/aromatic N) is 2. The van der Waals surface area contributed by atoms with Crippen molar-refractivity contribution in [3.8, 4) is 0 Å². The maximum absolute atomic E-state index is 12.1. The van der Waals surface area contributed by atoms with E-state index in [0.29, 0.717) is 24.4 Å². The predicted molar refractivity (Wildman–Crippen MR) is 87.3 cm³/mol. The van der Waals surface area contributed by atoms with Crippen LogP contribution in [0.5, 0.6) is 0 Å². The summed E-state index contributed by atoms with van der Waals surface area (Å²) in [6, 6.07) is 1.27. The summed E-state index contributed by atoms with van der Waals surface area (Å²) in [5.74, 6) is 1.40. The van der Waals surface area contributed by atoms with E-state index in [9.17, 15) is 9.59 Å². The smallest absolute Gasteiger partial charge is 0.222 e. The van der Waals surface area contributed by atoms with Gasteiger partial charge >= 0.3 is 0 Å². The molecule has 0 N–H and O–H groups in total. The molecule has 0 aliphatic carbocycles. The van der Waals surface area contributed by atoms with Crippen LogP contribution in [-0.2, 0) is 9.59 Å². The van der Waals surface area contributed by atoms with Crippen LogP contribution in [0.3, 0.4) is 0 Å². The summed E-state index contributed by atoms with van der Waals surface area (Å²) < 4.78 is 0. The molecule has 2 fully saturated rings. The zero-order chi connectivity index (χ0) is 15.4. The molecule has 1 amide bonds. The minimum absolute atomic E-state index is 0.150. The Kier molecular flexibility index (Phi) is 6.11. The van der Waals surface area contributed by atoms with Crippen molar-refractivity contribution in [2.75, 3.05) is 25.4 Å². The highest BCUT2D eigenvalue weighted by Crippen LogP contribution is 2.24. The second kappa shape index (κ2) is 7.63. The number of hydrogen-bond donors (Lipinski definition) is 0. The average molecular weight is 312 g/mol. The van der Waals surface area contributed by atoms with Gasteiger partial charge in [-0.05, 0) is 32.6 Å². The molecule has 0 aromatic carbocycles. The van der Waals surface area contributed by atoms with Crippen LogP contribution in [0.25, 0.3) is 0 Å². The summed E-state index contributed by atoms with van der Waals surface area (Å²) in [5, 5.41) is 0.150. The molecule has 2 rings (SSSR count). The van der Waals surface area contributed by atoms with Crippen molar-refractivity contribution in [1.82, 2.24) is 9.80 Å². The number of carbonyl (C=O) groups is 2. The van der Waals surface area contributed by atoms with Crippen LogP contribution in [0, 0.1) is 5.92 Å². The van der Waals surface area contributed by atoms with E-state index in [-0.39, 0.29) is 11.0 Å². The maximum atomic E-state index is 12.1. The van der Waals surface area contributed by atoms with Gasteiger partial charge in [0.15, 0.2) is 5.12 Å². The van der Waals surface area contributed by atoms with E-state index in [1.165, 1.54) is 31.0 Å². The third kappa shape index (κ3) is 4.71. The van der Waals surface area contributed by atoms with Crippen molar-refractivity contribution in [1.29, 1.82) is 0 Å². The van der Waals surface area contributed by atoms with Gasteiger partial charge in [-0.15, -0.1) is 0 Å². The topological polar surface area (TPSA) is 40.6 Å². The molecular weight excluding hydrogens is 284 g/mol. The third-order valence-corrected chi connectivity index (χ3v) is 5.87. The summed E-state index contributed by atoms with van der Waals surface area (Å²) in [6.07, 6.45) is 4.49. The second-order valence-electron chi connectivity index (χ2n) is 6.58. The molecule has 21 heavy (non-hydrogen) atoms. The molecule has 0 aromatic rings. The largest absolute Gasteiger partial charge is 0.341 e. The van der Waals surface area contributed by atoms with Crippen LogP contribution >= 0.6 is 11.8 Å². The highest BCUT2D eigenvalue weighted by Gasteiger charge is 2.31. The lowest BCUT2D eigenvalue weighted by molar-refractivity contribution is -0.128. The molecule has 4 nitrogen and oxygen atoms in total. The van der Waals surface area contributed by atoms with Gasteiger partial charge in [0, 0.05) is 50.8 Å². The zero-order valence-electron chi connectivity index (χ0n) is 13.5. The Hall–Kier alpha value is -0.550. The fourth-order valence-corrected chi connectivity index (χ4v) is 4.26. The van der Waals surface area contributed by atoms with Crippen molar-refractivity contribution < 1.29 is 9.59 Å². The lowest BCUT2D eigenvalue weighted by Crippen LogP contribution is -2.47. The second-order valence-corrected chi connectivity index (χ2v) is 7.78. The molecule has 2 heterocycles. The molecule has 3 atom stereocenters. The lowest BCUT2D eigenvalue weighted by Gasteiger charge is -2.39. The Bertz CT molecular complexity index is 378. The first-order chi connectivity index (χ1) is 9.97. The molecule has 120 valence electrons. The van der Waals surface area contributed by atoms with Gasteiger partial charge in [0.1, 0.15) is 0 Å². The van der Waals surface area contributed by atoms with E-state index in [4.69, 9.17) is 0 Å². The Morgan fingerprint density at radius 3 is 2.52 bits per heavy atom. The fraction of sp³-hybridized carbons (Fsp3) is 0.875. The molecule has 5 heteroatoms. The quantitative estimate of drug-likeness (QED) is 0.781. The van der Waals surface area contributed by atoms with Gasteiger partial charge in [-0.25, -0.2) is 0 Å². The predicted octanol–water partition coefficient (Wildman–Crippen LogP) is 2.38. The first kappa shape index (κ1) is 16.8. The number of likely N-dealkylation sites (tertiary alicyclic amines) is 2. The van der Waals surface area contributed by atoms with Gasteiger partial charge in [0.25, 0.3) is 0 Å². The highest BCUT2D eigenvalue weighted by atomic mass is 32.2. The molecule has 0 bridgehead atoms. The highest BCUT2D eigenvalue weighted by molar-refractivity contribution is 8.13. The van der Waals surface area contributed by atoms with Crippen LogP contribution in [0.15, 0.2) is 0 Å². The number of carbonyl (C=O) groups excluding carboxylic acids is 2. The van der Waals surface area contributed by atoms with Crippen LogP contribution in [0.1, 0.15) is 46.5 Å². The summed E-state index contributed by atoms with van der Waals surface area (Å²) >= 11 is 1.35. The summed E-state index contributed by atoms with van der Waals surface area (Å²) in [6.45, 7) is 8.85. The Labute approximate surface area is 132 Å². The van der Waals surface area contributed by atoms with Gasteiger partial charge in [-0.3, -0.25) is 14.5 Å². The van der Waals surface area contributed by atoms with Gasteiger partial charge in [0.05, 0.1) is 0 Å². The van der Waals surface area contributed by atoms with Crippen molar-refractivity contribution in [2.45, 2.75) is 58.5 Å². The van der Waals surface area contributed by atoms with E-state index in [2.05, 4.69) is 18.7 Å². The fourth-order valence-electron chi connectivity index (χ4n) is 3.57. The first-order valence-corrected chi connectivity index (χ1v) is 9.12. The number of rotatable bonds is 5. The molecular formula is C16H28N2O2S. The van der Waals surface area contributed by atoms with E-state index < -0.39 is 0 Å². The summed E-state index contributed by atoms with van der Waals surface area (Å²) in [5.41, 5.74) is 0. The number of thioether (sulfide) groups is 1. The molecule has 3 unspecified atom stereocenters. The van der Waals surface area contributed by atoms with Crippen LogP contribution in [-0.4, -0.2) is 58.3 Å². The third-order valence-electron chi connectivity index (χ3n) is 4.82. The van der Waals surface area contributed by atoms with E-state index >= 15 is 0 Å². The monoisotopic (exact) mass is 312 g/mol. The Balaban J connectivity index is 1.77. The molecule has 2 saturated heterocycles. The zero-order valence-corrected chi connectivity index (χ0v) is 14.3. The molecule has 2 aliphatic rings. The Morgan fingerprint density at radius 2 is 1.90 bits per heavy atom. The molecule has 0 saturated carbocycles. The van der Waals surface area contributed by atoms with Gasteiger partial charge < -0.3 is 4.90 Å². The first-order valence-electron chi connectivity index (χ1n) is 8.14. The molecule has 0 spiro atoms.